The van der Waals surface area contributed by atoms with E-state index in [4.69, 9.17) is 4.74 Å². The number of amides is 2. The van der Waals surface area contributed by atoms with Gasteiger partial charge in [-0.15, -0.1) is 5.10 Å². The van der Waals surface area contributed by atoms with Crippen molar-refractivity contribution in [2.75, 3.05) is 53.5 Å². The van der Waals surface area contributed by atoms with E-state index in [0.717, 1.165) is 24.4 Å². The van der Waals surface area contributed by atoms with Gasteiger partial charge < -0.3 is 19.4 Å². The second-order valence-electron chi connectivity index (χ2n) is 6.80. The van der Waals surface area contributed by atoms with E-state index < -0.39 is 0 Å². The average Bonchev–Trinajstić information content (AvgIpc) is 3.21. The molecule has 0 radical (unpaired) electrons. The third-order valence-electron chi connectivity index (χ3n) is 4.91. The fourth-order valence-corrected chi connectivity index (χ4v) is 3.52. The molecule has 0 aromatic carbocycles. The summed E-state index contributed by atoms with van der Waals surface area (Å²) in [5.41, 5.74) is 1.98. The molecule has 8 nitrogen and oxygen atoms in total. The van der Waals surface area contributed by atoms with Gasteiger partial charge in [0.2, 0.25) is 0 Å². The van der Waals surface area contributed by atoms with Gasteiger partial charge in [-0.1, -0.05) is 5.21 Å². The Hall–Kier alpha value is -1.67. The number of carbonyl (C=O) groups is 1. The number of hydrogen-bond acceptors (Lipinski definition) is 5. The van der Waals surface area contributed by atoms with Crippen LogP contribution in [0.15, 0.2) is 0 Å². The Balaban J connectivity index is 1.64. The summed E-state index contributed by atoms with van der Waals surface area (Å²) < 4.78 is 7.74. The van der Waals surface area contributed by atoms with Crippen LogP contribution in [-0.2, 0) is 18.2 Å². The van der Waals surface area contributed by atoms with E-state index in [1.165, 1.54) is 25.9 Å². The lowest BCUT2D eigenvalue weighted by atomic mass is 10.0. The first kappa shape index (κ1) is 17.2. The van der Waals surface area contributed by atoms with Crippen molar-refractivity contribution < 1.29 is 9.53 Å². The van der Waals surface area contributed by atoms with Crippen LogP contribution in [0.25, 0.3) is 0 Å². The summed E-state index contributed by atoms with van der Waals surface area (Å²) in [4.78, 5) is 18.4. The van der Waals surface area contributed by atoms with Gasteiger partial charge in [-0.25, -0.2) is 4.79 Å². The Morgan fingerprint density at radius 3 is 2.75 bits per heavy atom. The zero-order chi connectivity index (χ0) is 17.1. The molecule has 1 fully saturated rings. The molecule has 0 unspecified atom stereocenters. The molecule has 1 saturated heterocycles. The number of aryl methyl sites for hydroxylation is 1. The van der Waals surface area contributed by atoms with Crippen molar-refractivity contribution in [3.8, 4) is 0 Å². The number of carbonyl (C=O) groups excluding carboxylic acids is 1. The number of nitrogens with zero attached hydrogens (tertiary/aromatic N) is 6. The van der Waals surface area contributed by atoms with Gasteiger partial charge in [-0.3, -0.25) is 4.68 Å². The lowest BCUT2D eigenvalue weighted by Crippen LogP contribution is -2.47. The minimum atomic E-state index is -0.157. The summed E-state index contributed by atoms with van der Waals surface area (Å²) in [7, 11) is 5.46. The van der Waals surface area contributed by atoms with Gasteiger partial charge in [0.25, 0.3) is 0 Å². The number of rotatable bonds is 5. The summed E-state index contributed by atoms with van der Waals surface area (Å²) in [6.45, 7) is 5.14. The molecule has 2 aliphatic heterocycles. The van der Waals surface area contributed by atoms with Gasteiger partial charge in [0.1, 0.15) is 11.7 Å². The Morgan fingerprint density at radius 1 is 1.29 bits per heavy atom. The number of fused-ring (bicyclic) bond motifs is 1. The molecule has 134 valence electrons. The molecule has 0 aliphatic carbocycles. The van der Waals surface area contributed by atoms with Crippen LogP contribution in [-0.4, -0.2) is 89.2 Å². The van der Waals surface area contributed by atoms with Crippen molar-refractivity contribution in [2.24, 2.45) is 7.05 Å². The first-order chi connectivity index (χ1) is 11.6. The van der Waals surface area contributed by atoms with Gasteiger partial charge >= 0.3 is 6.03 Å². The number of ether oxygens (including phenoxy) is 1. The minimum absolute atomic E-state index is 0.000513. The average molecular weight is 336 g/mol. The van der Waals surface area contributed by atoms with Crippen molar-refractivity contribution in [3.63, 3.8) is 0 Å². The van der Waals surface area contributed by atoms with E-state index in [1.54, 1.807) is 19.0 Å². The summed E-state index contributed by atoms with van der Waals surface area (Å²) in [6, 6.07) is -0.157. The highest BCUT2D eigenvalue weighted by Crippen LogP contribution is 2.28. The molecule has 0 bridgehead atoms. The molecule has 3 heterocycles. The molecule has 1 atom stereocenters. The lowest BCUT2D eigenvalue weighted by Gasteiger charge is -2.36. The van der Waals surface area contributed by atoms with Gasteiger partial charge in [0.15, 0.2) is 0 Å². The van der Waals surface area contributed by atoms with Crippen LogP contribution in [0.3, 0.4) is 0 Å². The van der Waals surface area contributed by atoms with Crippen molar-refractivity contribution in [2.45, 2.75) is 25.3 Å². The number of urea groups is 1. The van der Waals surface area contributed by atoms with E-state index in [2.05, 4.69) is 15.2 Å². The molecule has 1 aromatic rings. The van der Waals surface area contributed by atoms with Gasteiger partial charge in [-0.05, 0) is 25.9 Å². The molecule has 1 aromatic heterocycles. The largest absolute Gasteiger partial charge is 0.378 e. The molecule has 0 saturated carbocycles. The van der Waals surface area contributed by atoms with Gasteiger partial charge in [-0.2, -0.15) is 0 Å². The number of likely N-dealkylation sites (tertiary alicyclic amines) is 1. The molecule has 8 heteroatoms. The highest BCUT2D eigenvalue weighted by Gasteiger charge is 2.35. The predicted molar refractivity (Wildman–Crippen MR) is 89.7 cm³/mol. The summed E-state index contributed by atoms with van der Waals surface area (Å²) in [5, 5.41) is 8.43. The molecule has 0 N–H and O–H groups in total. The molecular formula is C16H28N6O2. The van der Waals surface area contributed by atoms with Gasteiger partial charge in [0, 0.05) is 40.7 Å². The number of hydrogen-bond donors (Lipinski definition) is 0. The predicted octanol–water partition coefficient (Wildman–Crippen LogP) is 0.508. The SMILES string of the molecule is CN(C)C(=O)N1CCc2c(nnn2C)[C@H]1COCCN1CCCC1. The monoisotopic (exact) mass is 336 g/mol. The maximum Gasteiger partial charge on any atom is 0.320 e. The van der Waals surface area contributed by atoms with E-state index in [1.807, 2.05) is 16.6 Å². The highest BCUT2D eigenvalue weighted by molar-refractivity contribution is 5.74. The van der Waals surface area contributed by atoms with Crippen LogP contribution >= 0.6 is 0 Å². The molecule has 24 heavy (non-hydrogen) atoms. The van der Waals surface area contributed by atoms with E-state index in [-0.39, 0.29) is 12.1 Å². The zero-order valence-corrected chi connectivity index (χ0v) is 14.9. The fraction of sp³-hybridized carbons (Fsp3) is 0.812. The second kappa shape index (κ2) is 7.48. The second-order valence-corrected chi connectivity index (χ2v) is 6.80. The van der Waals surface area contributed by atoms with E-state index in [9.17, 15) is 4.79 Å². The van der Waals surface area contributed by atoms with Crippen LogP contribution in [0.2, 0.25) is 0 Å². The minimum Gasteiger partial charge on any atom is -0.378 e. The van der Waals surface area contributed by atoms with Crippen LogP contribution in [0.5, 0.6) is 0 Å². The quantitative estimate of drug-likeness (QED) is 0.733. The molecule has 0 spiro atoms. The lowest BCUT2D eigenvalue weighted by molar-refractivity contribution is 0.0499. The molecule has 3 rings (SSSR count). The first-order valence-corrected chi connectivity index (χ1v) is 8.74. The van der Waals surface area contributed by atoms with Crippen molar-refractivity contribution in [3.05, 3.63) is 11.4 Å². The Bertz CT molecular complexity index is 567. The Morgan fingerprint density at radius 2 is 2.04 bits per heavy atom. The van der Waals surface area contributed by atoms with E-state index >= 15 is 0 Å². The Kier molecular flexibility index (Phi) is 5.35. The first-order valence-electron chi connectivity index (χ1n) is 8.74. The van der Waals surface area contributed by atoms with Gasteiger partial charge in [0.05, 0.1) is 18.9 Å². The third-order valence-corrected chi connectivity index (χ3v) is 4.91. The third kappa shape index (κ3) is 3.54. The van der Waals surface area contributed by atoms with Crippen LogP contribution in [0.1, 0.15) is 30.3 Å². The van der Waals surface area contributed by atoms with Crippen LogP contribution < -0.4 is 0 Å². The smallest absolute Gasteiger partial charge is 0.320 e. The van der Waals surface area contributed by atoms with Crippen molar-refractivity contribution in [1.29, 1.82) is 0 Å². The van der Waals surface area contributed by atoms with E-state index in [0.29, 0.717) is 19.8 Å². The maximum atomic E-state index is 12.5. The standard InChI is InChI=1S/C16H28N6O2/c1-19(2)16(23)22-9-6-13-15(17-18-20(13)3)14(22)12-24-11-10-21-7-4-5-8-21/h14H,4-12H2,1-3H3/t14-/m1/s1. The summed E-state index contributed by atoms with van der Waals surface area (Å²) >= 11 is 0. The topological polar surface area (TPSA) is 66.7 Å². The normalized spacial score (nSPS) is 21.1. The zero-order valence-electron chi connectivity index (χ0n) is 14.9. The number of aromatic nitrogens is 3. The van der Waals surface area contributed by atoms with Crippen molar-refractivity contribution >= 4 is 6.03 Å². The summed E-state index contributed by atoms with van der Waals surface area (Å²) in [5.74, 6) is 0. The maximum absolute atomic E-state index is 12.5. The van der Waals surface area contributed by atoms with Crippen LogP contribution in [0, 0.1) is 0 Å². The molecular weight excluding hydrogens is 308 g/mol. The molecule has 2 amide bonds. The summed E-state index contributed by atoms with van der Waals surface area (Å²) in [6.07, 6.45) is 3.36. The van der Waals surface area contributed by atoms with Crippen LogP contribution in [0.4, 0.5) is 4.79 Å². The molecule has 2 aliphatic rings. The highest BCUT2D eigenvalue weighted by atomic mass is 16.5. The van der Waals surface area contributed by atoms with Crippen molar-refractivity contribution in [1.82, 2.24) is 29.7 Å². The fourth-order valence-electron chi connectivity index (χ4n) is 3.52. The Labute approximate surface area is 143 Å².